The van der Waals surface area contributed by atoms with Gasteiger partial charge in [0.05, 0.1) is 14.4 Å². The molecule has 0 aliphatic heterocycles. The molecule has 0 saturated heterocycles. The molecular formula is C13H16BrN3O5S3. The smallest absolute Gasteiger partial charge is 0.274 e. The Bertz CT molecular complexity index is 878. The maximum Gasteiger partial charge on any atom is 0.274 e. The summed E-state index contributed by atoms with van der Waals surface area (Å²) in [6.45, 7) is 2.72. The number of carbonyl (C=O) groups excluding carboxylic acids is 1. The molecule has 2 rings (SSSR count). The molecule has 0 aliphatic rings. The van der Waals surface area contributed by atoms with Gasteiger partial charge in [0.15, 0.2) is 5.13 Å². The number of halogens is 1. The van der Waals surface area contributed by atoms with Gasteiger partial charge in [0.1, 0.15) is 4.21 Å². The van der Waals surface area contributed by atoms with Crippen LogP contribution in [0.2, 0.25) is 0 Å². The molecule has 3 N–H and O–H groups in total. The Labute approximate surface area is 161 Å². The lowest BCUT2D eigenvalue weighted by molar-refractivity contribution is -0.114. The van der Waals surface area contributed by atoms with E-state index in [-0.39, 0.29) is 34.2 Å². The third-order valence-corrected chi connectivity index (χ3v) is 8.01. The van der Waals surface area contributed by atoms with Crippen molar-refractivity contribution in [2.24, 2.45) is 0 Å². The van der Waals surface area contributed by atoms with E-state index in [2.05, 4.69) is 26.2 Å². The second-order valence-electron chi connectivity index (χ2n) is 5.00. The van der Waals surface area contributed by atoms with E-state index in [0.717, 1.165) is 11.3 Å². The van der Waals surface area contributed by atoms with Crippen LogP contribution in [0.1, 0.15) is 19.0 Å². The molecular weight excluding hydrogens is 454 g/mol. The first-order valence-electron chi connectivity index (χ1n) is 7.04. The van der Waals surface area contributed by atoms with Gasteiger partial charge >= 0.3 is 0 Å². The summed E-state index contributed by atoms with van der Waals surface area (Å²) in [6, 6.07) is 1.45. The molecule has 12 heteroatoms. The van der Waals surface area contributed by atoms with Crippen LogP contribution >= 0.6 is 38.6 Å². The van der Waals surface area contributed by atoms with Crippen LogP contribution in [0.5, 0.6) is 0 Å². The number of hydrogen-bond donors (Lipinski definition) is 3. The van der Waals surface area contributed by atoms with Gasteiger partial charge in [0.25, 0.3) is 10.0 Å². The average molecular weight is 470 g/mol. The molecule has 0 spiro atoms. The average Bonchev–Trinajstić information content (AvgIpc) is 3.07. The largest absolute Gasteiger partial charge is 0.396 e. The van der Waals surface area contributed by atoms with Crippen molar-refractivity contribution in [3.63, 3.8) is 0 Å². The normalized spacial score (nSPS) is 11.9. The van der Waals surface area contributed by atoms with Gasteiger partial charge in [0.2, 0.25) is 5.91 Å². The predicted molar refractivity (Wildman–Crippen MR) is 99.5 cm³/mol. The molecule has 2 heterocycles. The van der Waals surface area contributed by atoms with E-state index in [0.29, 0.717) is 25.1 Å². The van der Waals surface area contributed by atoms with Crippen molar-refractivity contribution in [3.05, 3.63) is 15.5 Å². The molecule has 0 unspecified atom stereocenters. The SMILES string of the molecule is CC(=O)Nc1nc(C)c(-c2cc(S(=O)(=O)N(O)CCCO)sc2Br)s1. The Balaban J connectivity index is 2.37. The lowest BCUT2D eigenvalue weighted by Gasteiger charge is -2.12. The van der Waals surface area contributed by atoms with Crippen LogP contribution in [-0.2, 0) is 14.8 Å². The van der Waals surface area contributed by atoms with Crippen LogP contribution in [0.3, 0.4) is 0 Å². The number of aliphatic hydroxyl groups excluding tert-OH is 1. The summed E-state index contributed by atoms with van der Waals surface area (Å²) in [5.41, 5.74) is 1.27. The number of thiophene rings is 1. The summed E-state index contributed by atoms with van der Waals surface area (Å²) >= 11 is 5.54. The Morgan fingerprint density at radius 2 is 2.12 bits per heavy atom. The Hall–Kier alpha value is -0.890. The maximum atomic E-state index is 12.4. The van der Waals surface area contributed by atoms with E-state index >= 15 is 0 Å². The standard InChI is InChI=1S/C13H16BrN3O5S3/c1-7-11(24-13(15-7)16-8(2)19)9-6-10(23-12(9)14)25(21,22)17(20)4-3-5-18/h6,18,20H,3-5H2,1-2H3,(H,15,16,19). The summed E-state index contributed by atoms with van der Waals surface area (Å²) in [6.07, 6.45) is 0.128. The van der Waals surface area contributed by atoms with Gasteiger partial charge in [-0.05, 0) is 35.3 Å². The molecule has 138 valence electrons. The first-order chi connectivity index (χ1) is 11.7. The highest BCUT2D eigenvalue weighted by Crippen LogP contribution is 2.43. The number of amides is 1. The number of carbonyl (C=O) groups is 1. The molecule has 0 radical (unpaired) electrons. The molecule has 0 saturated carbocycles. The Morgan fingerprint density at radius 1 is 1.44 bits per heavy atom. The second-order valence-corrected chi connectivity index (χ2v) is 10.4. The molecule has 25 heavy (non-hydrogen) atoms. The number of hydroxylamine groups is 1. The first kappa shape index (κ1) is 20.4. The fourth-order valence-corrected chi connectivity index (χ4v) is 6.70. The molecule has 0 aliphatic carbocycles. The van der Waals surface area contributed by atoms with Crippen molar-refractivity contribution in [2.45, 2.75) is 24.5 Å². The minimum Gasteiger partial charge on any atom is -0.396 e. The number of anilines is 1. The third-order valence-electron chi connectivity index (χ3n) is 3.03. The van der Waals surface area contributed by atoms with Gasteiger partial charge in [-0.25, -0.2) is 13.4 Å². The zero-order chi connectivity index (χ0) is 18.8. The minimum absolute atomic E-state index is 0.0382. The van der Waals surface area contributed by atoms with Gasteiger partial charge < -0.3 is 10.4 Å². The van der Waals surface area contributed by atoms with E-state index in [1.807, 2.05) is 0 Å². The van der Waals surface area contributed by atoms with Crippen LogP contribution < -0.4 is 5.32 Å². The number of rotatable bonds is 7. The van der Waals surface area contributed by atoms with Gasteiger partial charge in [-0.3, -0.25) is 10.0 Å². The summed E-state index contributed by atoms with van der Waals surface area (Å²) in [4.78, 5) is 16.1. The number of aliphatic hydroxyl groups is 1. The van der Waals surface area contributed by atoms with Crippen molar-refractivity contribution in [1.82, 2.24) is 9.45 Å². The Kier molecular flexibility index (Phi) is 6.70. The molecule has 0 atom stereocenters. The molecule has 0 fully saturated rings. The number of nitrogens with one attached hydrogen (secondary N) is 1. The molecule has 0 aromatic carbocycles. The highest BCUT2D eigenvalue weighted by atomic mass is 79.9. The topological polar surface area (TPSA) is 120 Å². The van der Waals surface area contributed by atoms with Crippen molar-refractivity contribution in [2.75, 3.05) is 18.5 Å². The van der Waals surface area contributed by atoms with E-state index in [1.165, 1.54) is 24.3 Å². The van der Waals surface area contributed by atoms with Crippen LogP contribution in [0.4, 0.5) is 5.13 Å². The highest BCUT2D eigenvalue weighted by molar-refractivity contribution is 9.11. The third kappa shape index (κ3) is 4.64. The molecule has 2 aromatic rings. The fraction of sp³-hybridized carbons (Fsp3) is 0.385. The number of hydrogen-bond acceptors (Lipinski definition) is 8. The van der Waals surface area contributed by atoms with Crippen LogP contribution in [0.15, 0.2) is 14.1 Å². The fourth-order valence-electron chi connectivity index (χ4n) is 1.91. The van der Waals surface area contributed by atoms with Gasteiger partial charge in [-0.1, -0.05) is 15.8 Å². The quantitative estimate of drug-likeness (QED) is 0.536. The highest BCUT2D eigenvalue weighted by Gasteiger charge is 2.27. The molecule has 0 bridgehead atoms. The van der Waals surface area contributed by atoms with Gasteiger partial charge in [-0.15, -0.1) is 11.3 Å². The minimum atomic E-state index is -4.07. The number of aromatic nitrogens is 1. The number of nitrogens with zero attached hydrogens (tertiary/aromatic N) is 2. The maximum absolute atomic E-state index is 12.4. The summed E-state index contributed by atoms with van der Waals surface area (Å²) in [5, 5.41) is 21.6. The Morgan fingerprint density at radius 3 is 2.72 bits per heavy atom. The van der Waals surface area contributed by atoms with Gasteiger partial charge in [-0.2, -0.15) is 0 Å². The summed E-state index contributed by atoms with van der Waals surface area (Å²) in [5.74, 6) is -0.243. The van der Waals surface area contributed by atoms with Gasteiger partial charge in [0, 0.05) is 25.6 Å². The summed E-state index contributed by atoms with van der Waals surface area (Å²) in [7, 11) is -4.07. The monoisotopic (exact) mass is 469 g/mol. The van der Waals surface area contributed by atoms with Crippen molar-refractivity contribution >= 4 is 59.7 Å². The van der Waals surface area contributed by atoms with E-state index in [9.17, 15) is 18.4 Å². The van der Waals surface area contributed by atoms with E-state index < -0.39 is 10.0 Å². The van der Waals surface area contributed by atoms with Crippen molar-refractivity contribution in [3.8, 4) is 10.4 Å². The second kappa shape index (κ2) is 8.20. The van der Waals surface area contributed by atoms with Crippen LogP contribution in [0.25, 0.3) is 10.4 Å². The zero-order valence-corrected chi connectivity index (χ0v) is 17.4. The van der Waals surface area contributed by atoms with E-state index in [1.54, 1.807) is 6.92 Å². The lowest BCUT2D eigenvalue weighted by atomic mass is 10.2. The molecule has 8 nitrogen and oxygen atoms in total. The van der Waals surface area contributed by atoms with Crippen LogP contribution in [0, 0.1) is 6.92 Å². The van der Waals surface area contributed by atoms with E-state index in [4.69, 9.17) is 5.11 Å². The molecule has 1 amide bonds. The van der Waals surface area contributed by atoms with Crippen molar-refractivity contribution in [1.29, 1.82) is 0 Å². The number of sulfonamides is 1. The van der Waals surface area contributed by atoms with Crippen molar-refractivity contribution < 1.29 is 23.5 Å². The first-order valence-corrected chi connectivity index (χ1v) is 10.9. The lowest BCUT2D eigenvalue weighted by Crippen LogP contribution is -2.28. The predicted octanol–water partition coefficient (Wildman–Crippen LogP) is 2.66. The zero-order valence-electron chi connectivity index (χ0n) is 13.3. The molecule has 2 aromatic heterocycles. The number of thiazole rings is 1. The summed E-state index contributed by atoms with van der Waals surface area (Å²) < 4.78 is 25.5. The van der Waals surface area contributed by atoms with Crippen LogP contribution in [-0.4, -0.2) is 47.2 Å². The number of aryl methyl sites for hydroxylation is 1.